The molecular weight excluding hydrogens is 312 g/mol. The van der Waals surface area contributed by atoms with Gasteiger partial charge in [-0.2, -0.15) is 0 Å². The fourth-order valence-corrected chi connectivity index (χ4v) is 2.13. The van der Waals surface area contributed by atoms with Gasteiger partial charge in [0.2, 0.25) is 0 Å². The van der Waals surface area contributed by atoms with Crippen LogP contribution in [0.1, 0.15) is 15.9 Å². The van der Waals surface area contributed by atoms with Crippen molar-refractivity contribution in [3.05, 3.63) is 75.2 Å². The molecule has 0 atom stereocenters. The number of hydrogen-bond acceptors (Lipinski definition) is 1. The molecule has 0 fully saturated rings. The summed E-state index contributed by atoms with van der Waals surface area (Å²) in [5.41, 5.74) is 1.55. The van der Waals surface area contributed by atoms with Crippen LogP contribution in [0.2, 0.25) is 5.02 Å². The van der Waals surface area contributed by atoms with Gasteiger partial charge < -0.3 is 0 Å². The van der Waals surface area contributed by atoms with Gasteiger partial charge in [0, 0.05) is 15.1 Å². The Kier molecular flexibility index (Phi) is 4.34. The number of carbonyl (C=O) groups is 1. The van der Waals surface area contributed by atoms with Crippen molar-refractivity contribution >= 4 is 39.4 Å². The standard InChI is InChI=1S/C15H10BrClO/c16-14-8-7-12(17)10-13(14)15(18)9-6-11-4-2-1-3-5-11/h1-10H/b9-6+. The van der Waals surface area contributed by atoms with E-state index in [-0.39, 0.29) is 5.78 Å². The first-order chi connectivity index (χ1) is 8.66. The van der Waals surface area contributed by atoms with Crippen LogP contribution in [-0.4, -0.2) is 5.78 Å². The molecule has 2 aromatic rings. The average Bonchev–Trinajstić information content (AvgIpc) is 2.40. The summed E-state index contributed by atoms with van der Waals surface area (Å²) >= 11 is 9.22. The van der Waals surface area contributed by atoms with Crippen LogP contribution in [0, 0.1) is 0 Å². The zero-order chi connectivity index (χ0) is 13.0. The first-order valence-electron chi connectivity index (χ1n) is 5.39. The van der Waals surface area contributed by atoms with Gasteiger partial charge in [-0.15, -0.1) is 0 Å². The van der Waals surface area contributed by atoms with Crippen molar-refractivity contribution < 1.29 is 4.79 Å². The summed E-state index contributed by atoms with van der Waals surface area (Å²) in [5, 5.41) is 0.551. The van der Waals surface area contributed by atoms with E-state index in [1.807, 2.05) is 30.3 Å². The molecule has 0 unspecified atom stereocenters. The quantitative estimate of drug-likeness (QED) is 0.574. The van der Waals surface area contributed by atoms with Gasteiger partial charge in [-0.25, -0.2) is 0 Å². The largest absolute Gasteiger partial charge is 0.289 e. The minimum absolute atomic E-state index is 0.0757. The van der Waals surface area contributed by atoms with Crippen LogP contribution >= 0.6 is 27.5 Å². The molecule has 0 N–H and O–H groups in total. The summed E-state index contributed by atoms with van der Waals surface area (Å²) in [5.74, 6) is -0.0757. The van der Waals surface area contributed by atoms with Crippen molar-refractivity contribution in [2.75, 3.05) is 0 Å². The van der Waals surface area contributed by atoms with E-state index in [1.54, 1.807) is 30.4 Å². The van der Waals surface area contributed by atoms with Crippen LogP contribution in [0.25, 0.3) is 6.08 Å². The number of rotatable bonds is 3. The fourth-order valence-electron chi connectivity index (χ4n) is 1.51. The third kappa shape index (κ3) is 3.31. The average molecular weight is 322 g/mol. The summed E-state index contributed by atoms with van der Waals surface area (Å²) in [6, 6.07) is 14.8. The second-order valence-electron chi connectivity index (χ2n) is 3.73. The van der Waals surface area contributed by atoms with Gasteiger partial charge in [-0.05, 0) is 29.8 Å². The molecule has 0 aliphatic heterocycles. The molecule has 2 aromatic carbocycles. The van der Waals surface area contributed by atoms with Gasteiger partial charge in [0.1, 0.15) is 0 Å². The molecule has 0 aliphatic carbocycles. The van der Waals surface area contributed by atoms with E-state index in [4.69, 9.17) is 11.6 Å². The molecule has 0 aliphatic rings. The maximum atomic E-state index is 12.0. The first kappa shape index (κ1) is 13.1. The lowest BCUT2D eigenvalue weighted by Crippen LogP contribution is -1.95. The molecule has 0 saturated heterocycles. The lowest BCUT2D eigenvalue weighted by Gasteiger charge is -2.00. The fraction of sp³-hybridized carbons (Fsp3) is 0. The molecule has 0 aromatic heterocycles. The van der Waals surface area contributed by atoms with Crippen molar-refractivity contribution in [1.29, 1.82) is 0 Å². The van der Waals surface area contributed by atoms with E-state index in [0.717, 1.165) is 10.0 Å². The van der Waals surface area contributed by atoms with Crippen molar-refractivity contribution in [2.45, 2.75) is 0 Å². The summed E-state index contributed by atoms with van der Waals surface area (Å²) in [4.78, 5) is 12.0. The van der Waals surface area contributed by atoms with Crippen LogP contribution in [0.4, 0.5) is 0 Å². The molecule has 2 rings (SSSR count). The molecule has 1 nitrogen and oxygen atoms in total. The van der Waals surface area contributed by atoms with Crippen molar-refractivity contribution in [3.8, 4) is 0 Å². The van der Waals surface area contributed by atoms with E-state index >= 15 is 0 Å². The molecule has 0 radical (unpaired) electrons. The highest BCUT2D eigenvalue weighted by atomic mass is 79.9. The third-order valence-corrected chi connectivity index (χ3v) is 3.35. The second kappa shape index (κ2) is 5.98. The van der Waals surface area contributed by atoms with E-state index < -0.39 is 0 Å². The van der Waals surface area contributed by atoms with Gasteiger partial charge in [-0.3, -0.25) is 4.79 Å². The van der Waals surface area contributed by atoms with Gasteiger partial charge in [0.15, 0.2) is 5.78 Å². The lowest BCUT2D eigenvalue weighted by atomic mass is 10.1. The Bertz CT molecular complexity index is 591. The minimum Gasteiger partial charge on any atom is -0.289 e. The van der Waals surface area contributed by atoms with Crippen molar-refractivity contribution in [2.24, 2.45) is 0 Å². The number of benzene rings is 2. The normalized spacial score (nSPS) is 10.8. The summed E-state index contributed by atoms with van der Waals surface area (Å²) < 4.78 is 0.745. The van der Waals surface area contributed by atoms with E-state index in [1.165, 1.54) is 0 Å². The minimum atomic E-state index is -0.0757. The van der Waals surface area contributed by atoms with Crippen molar-refractivity contribution in [1.82, 2.24) is 0 Å². The predicted molar refractivity (Wildman–Crippen MR) is 79.0 cm³/mol. The monoisotopic (exact) mass is 320 g/mol. The smallest absolute Gasteiger partial charge is 0.187 e. The van der Waals surface area contributed by atoms with Gasteiger partial charge >= 0.3 is 0 Å². The van der Waals surface area contributed by atoms with Crippen LogP contribution in [0.15, 0.2) is 59.1 Å². The molecule has 0 heterocycles. The molecule has 0 spiro atoms. The Balaban J connectivity index is 2.22. The van der Waals surface area contributed by atoms with Crippen LogP contribution in [0.5, 0.6) is 0 Å². The zero-order valence-corrected chi connectivity index (χ0v) is 11.8. The van der Waals surface area contributed by atoms with Crippen molar-refractivity contribution in [3.63, 3.8) is 0 Å². The predicted octanol–water partition coefficient (Wildman–Crippen LogP) is 5.00. The zero-order valence-electron chi connectivity index (χ0n) is 9.44. The van der Waals surface area contributed by atoms with Gasteiger partial charge in [-0.1, -0.05) is 63.9 Å². The first-order valence-corrected chi connectivity index (χ1v) is 6.56. The second-order valence-corrected chi connectivity index (χ2v) is 5.02. The van der Waals surface area contributed by atoms with E-state index in [2.05, 4.69) is 15.9 Å². The Hall–Kier alpha value is -1.38. The Morgan fingerprint density at radius 2 is 1.83 bits per heavy atom. The van der Waals surface area contributed by atoms with Crippen LogP contribution in [-0.2, 0) is 0 Å². The van der Waals surface area contributed by atoms with Crippen LogP contribution < -0.4 is 0 Å². The number of ketones is 1. The maximum Gasteiger partial charge on any atom is 0.187 e. The number of carbonyl (C=O) groups excluding carboxylic acids is 1. The van der Waals surface area contributed by atoms with E-state index in [0.29, 0.717) is 10.6 Å². The highest BCUT2D eigenvalue weighted by molar-refractivity contribution is 9.10. The molecule has 3 heteroatoms. The molecular formula is C15H10BrClO. The summed E-state index contributed by atoms with van der Waals surface area (Å²) in [6.07, 6.45) is 3.33. The number of allylic oxidation sites excluding steroid dienone is 1. The highest BCUT2D eigenvalue weighted by Crippen LogP contribution is 2.22. The van der Waals surface area contributed by atoms with E-state index in [9.17, 15) is 4.79 Å². The number of hydrogen-bond donors (Lipinski definition) is 0. The number of halogens is 2. The molecule has 18 heavy (non-hydrogen) atoms. The van der Waals surface area contributed by atoms with Crippen LogP contribution in [0.3, 0.4) is 0 Å². The Morgan fingerprint density at radius 3 is 2.56 bits per heavy atom. The topological polar surface area (TPSA) is 17.1 Å². The summed E-state index contributed by atoms with van der Waals surface area (Å²) in [7, 11) is 0. The molecule has 0 bridgehead atoms. The molecule has 0 amide bonds. The lowest BCUT2D eigenvalue weighted by molar-refractivity contribution is 0.104. The molecule has 90 valence electrons. The SMILES string of the molecule is O=C(/C=C/c1ccccc1)c1cc(Cl)ccc1Br. The highest BCUT2D eigenvalue weighted by Gasteiger charge is 2.07. The maximum absolute atomic E-state index is 12.0. The van der Waals surface area contributed by atoms with Gasteiger partial charge in [0.05, 0.1) is 0 Å². The van der Waals surface area contributed by atoms with Gasteiger partial charge in [0.25, 0.3) is 0 Å². The molecule has 0 saturated carbocycles. The Labute approximate surface area is 119 Å². The third-order valence-electron chi connectivity index (χ3n) is 2.42. The Morgan fingerprint density at radius 1 is 1.11 bits per heavy atom. The summed E-state index contributed by atoms with van der Waals surface area (Å²) in [6.45, 7) is 0.